The number of piperidine rings is 1. The molecule has 2 heterocycles. The number of aliphatic hydroxyl groups is 1. The average molecular weight is 321 g/mol. The van der Waals surface area contributed by atoms with Gasteiger partial charge in [0.1, 0.15) is 29.0 Å². The first-order valence-corrected chi connectivity index (χ1v) is 7.16. The molecule has 23 heavy (non-hydrogen) atoms. The zero-order valence-electron chi connectivity index (χ0n) is 12.7. The minimum atomic E-state index is -1.18. The van der Waals surface area contributed by atoms with Gasteiger partial charge in [-0.1, -0.05) is 0 Å². The largest absolute Gasteiger partial charge is 0.496 e. The number of carbonyl (C=O) groups is 1. The van der Waals surface area contributed by atoms with Crippen LogP contribution in [0.5, 0.6) is 5.75 Å². The van der Waals surface area contributed by atoms with E-state index in [0.717, 1.165) is 12.1 Å². The third kappa shape index (κ3) is 2.55. The Morgan fingerprint density at radius 1 is 1.43 bits per heavy atom. The highest BCUT2D eigenvalue weighted by Gasteiger charge is 2.31. The number of halogens is 1. The van der Waals surface area contributed by atoms with Gasteiger partial charge >= 0.3 is 0 Å². The van der Waals surface area contributed by atoms with E-state index in [-0.39, 0.29) is 29.0 Å². The lowest BCUT2D eigenvalue weighted by Gasteiger charge is -2.30. The fraction of sp³-hybridized carbons (Fsp3) is 0.400. The molecule has 1 aromatic carbocycles. The number of benzene rings is 1. The lowest BCUT2D eigenvalue weighted by atomic mass is 10.0. The number of fused-ring (bicyclic) bond motifs is 1. The molecule has 1 aliphatic rings. The van der Waals surface area contributed by atoms with Crippen LogP contribution in [0.2, 0.25) is 0 Å². The van der Waals surface area contributed by atoms with Crippen LogP contribution in [0.15, 0.2) is 16.9 Å². The number of nitrogens with zero attached hydrogens (tertiary/aromatic N) is 2. The summed E-state index contributed by atoms with van der Waals surface area (Å²) in [6, 6.07) is 1.65. The predicted octanol–water partition coefficient (Wildman–Crippen LogP) is 0.622. The molecule has 3 rings (SSSR count). The molecule has 0 bridgehead atoms. The Kier molecular flexibility index (Phi) is 3.77. The SMILES string of the molecule is COc1cc(F)cc2nc(C)n([C@H]3CCC(=O)NC3O)c(=O)c12. The Bertz CT molecular complexity index is 849. The molecule has 0 aliphatic carbocycles. The molecule has 0 saturated carbocycles. The van der Waals surface area contributed by atoms with Crippen molar-refractivity contribution >= 4 is 16.8 Å². The van der Waals surface area contributed by atoms with E-state index in [0.29, 0.717) is 12.2 Å². The van der Waals surface area contributed by atoms with E-state index in [4.69, 9.17) is 4.74 Å². The molecule has 1 fully saturated rings. The highest BCUT2D eigenvalue weighted by Crippen LogP contribution is 2.26. The van der Waals surface area contributed by atoms with E-state index in [1.807, 2.05) is 0 Å². The summed E-state index contributed by atoms with van der Waals surface area (Å²) in [4.78, 5) is 28.5. The summed E-state index contributed by atoms with van der Waals surface area (Å²) in [7, 11) is 1.34. The molecule has 1 unspecified atom stereocenters. The van der Waals surface area contributed by atoms with Gasteiger partial charge in [-0.25, -0.2) is 9.37 Å². The number of nitrogens with one attached hydrogen (secondary N) is 1. The summed E-state index contributed by atoms with van der Waals surface area (Å²) in [5, 5.41) is 12.6. The van der Waals surface area contributed by atoms with Crippen molar-refractivity contribution in [2.24, 2.45) is 0 Å². The van der Waals surface area contributed by atoms with Crippen LogP contribution >= 0.6 is 0 Å². The molecular formula is C15H16FN3O4. The van der Waals surface area contributed by atoms with Gasteiger partial charge in [-0.05, 0) is 13.3 Å². The number of aromatic nitrogens is 2. The summed E-state index contributed by atoms with van der Waals surface area (Å²) < 4.78 is 20.0. The Morgan fingerprint density at radius 2 is 2.17 bits per heavy atom. The van der Waals surface area contributed by atoms with Crippen LogP contribution in [0.1, 0.15) is 24.7 Å². The van der Waals surface area contributed by atoms with Crippen LogP contribution in [-0.2, 0) is 4.79 Å². The van der Waals surface area contributed by atoms with Crippen molar-refractivity contribution in [2.75, 3.05) is 7.11 Å². The van der Waals surface area contributed by atoms with Gasteiger partial charge in [-0.15, -0.1) is 0 Å². The van der Waals surface area contributed by atoms with Crippen molar-refractivity contribution in [2.45, 2.75) is 32.0 Å². The standard InChI is InChI=1S/C15H16FN3O4/c1-7-17-9-5-8(16)6-11(23-2)13(9)15(22)19(7)10-3-4-12(20)18-14(10)21/h5-6,10,14,21H,3-4H2,1-2H3,(H,18,20)/t10-,14?/m0/s1. The Hall–Kier alpha value is -2.48. The first-order valence-electron chi connectivity index (χ1n) is 7.16. The quantitative estimate of drug-likeness (QED) is 0.846. The Labute approximate surface area is 130 Å². The molecule has 1 aliphatic heterocycles. The summed E-state index contributed by atoms with van der Waals surface area (Å²) in [6.45, 7) is 1.60. The molecule has 122 valence electrons. The zero-order chi connectivity index (χ0) is 16.7. The van der Waals surface area contributed by atoms with Crippen molar-refractivity contribution in [3.8, 4) is 5.75 Å². The highest BCUT2D eigenvalue weighted by molar-refractivity contribution is 5.84. The molecule has 1 saturated heterocycles. The lowest BCUT2D eigenvalue weighted by molar-refractivity contribution is -0.128. The lowest BCUT2D eigenvalue weighted by Crippen LogP contribution is -2.48. The number of aryl methyl sites for hydroxylation is 1. The van der Waals surface area contributed by atoms with Crippen molar-refractivity contribution in [1.82, 2.24) is 14.9 Å². The minimum Gasteiger partial charge on any atom is -0.496 e. The smallest absolute Gasteiger partial charge is 0.265 e. The number of methoxy groups -OCH3 is 1. The molecule has 1 amide bonds. The second kappa shape index (κ2) is 5.62. The van der Waals surface area contributed by atoms with Gasteiger partial charge in [0.2, 0.25) is 5.91 Å². The first-order chi connectivity index (χ1) is 10.9. The zero-order valence-corrected chi connectivity index (χ0v) is 12.7. The van der Waals surface area contributed by atoms with E-state index in [9.17, 15) is 19.1 Å². The number of ether oxygens (including phenoxy) is 1. The molecule has 8 heteroatoms. The molecular weight excluding hydrogens is 305 g/mol. The molecule has 7 nitrogen and oxygen atoms in total. The maximum absolute atomic E-state index is 13.6. The molecule has 2 atom stereocenters. The van der Waals surface area contributed by atoms with Gasteiger partial charge in [-0.3, -0.25) is 14.2 Å². The van der Waals surface area contributed by atoms with Gasteiger partial charge in [0.05, 0.1) is 18.7 Å². The maximum Gasteiger partial charge on any atom is 0.265 e. The van der Waals surface area contributed by atoms with Crippen LogP contribution < -0.4 is 15.6 Å². The van der Waals surface area contributed by atoms with E-state index in [1.54, 1.807) is 6.92 Å². The van der Waals surface area contributed by atoms with Crippen LogP contribution in [0.4, 0.5) is 4.39 Å². The van der Waals surface area contributed by atoms with Gasteiger partial charge in [-0.2, -0.15) is 0 Å². The van der Waals surface area contributed by atoms with E-state index >= 15 is 0 Å². The van der Waals surface area contributed by atoms with Crippen LogP contribution in [-0.4, -0.2) is 33.9 Å². The second-order valence-corrected chi connectivity index (χ2v) is 5.45. The number of hydrogen-bond donors (Lipinski definition) is 2. The number of hydrogen-bond acceptors (Lipinski definition) is 5. The average Bonchev–Trinajstić information content (AvgIpc) is 2.47. The summed E-state index contributed by atoms with van der Waals surface area (Å²) in [5.41, 5.74) is -0.250. The predicted molar refractivity (Wildman–Crippen MR) is 79.7 cm³/mol. The number of aliphatic hydroxyl groups excluding tert-OH is 1. The minimum absolute atomic E-state index is 0.0839. The second-order valence-electron chi connectivity index (χ2n) is 5.45. The summed E-state index contributed by atoms with van der Waals surface area (Å²) in [6.07, 6.45) is -0.672. The Morgan fingerprint density at radius 3 is 2.83 bits per heavy atom. The van der Waals surface area contributed by atoms with Crippen molar-refractivity contribution in [1.29, 1.82) is 0 Å². The van der Waals surface area contributed by atoms with Crippen LogP contribution in [0.3, 0.4) is 0 Å². The van der Waals surface area contributed by atoms with Crippen LogP contribution in [0, 0.1) is 12.7 Å². The van der Waals surface area contributed by atoms with Gasteiger partial charge in [0.25, 0.3) is 5.56 Å². The fourth-order valence-corrected chi connectivity index (χ4v) is 2.96. The van der Waals surface area contributed by atoms with E-state index < -0.39 is 23.6 Å². The third-order valence-electron chi connectivity index (χ3n) is 4.00. The fourth-order valence-electron chi connectivity index (χ4n) is 2.96. The number of rotatable bonds is 2. The first kappa shape index (κ1) is 15.4. The highest BCUT2D eigenvalue weighted by atomic mass is 19.1. The van der Waals surface area contributed by atoms with Crippen molar-refractivity contribution in [3.05, 3.63) is 34.1 Å². The summed E-state index contributed by atoms with van der Waals surface area (Å²) in [5.74, 6) is -0.410. The van der Waals surface area contributed by atoms with Crippen molar-refractivity contribution in [3.63, 3.8) is 0 Å². The molecule has 0 radical (unpaired) electrons. The summed E-state index contributed by atoms with van der Waals surface area (Å²) >= 11 is 0. The van der Waals surface area contributed by atoms with E-state index in [1.165, 1.54) is 11.7 Å². The van der Waals surface area contributed by atoms with Gasteiger partial charge in [0.15, 0.2) is 0 Å². The van der Waals surface area contributed by atoms with Gasteiger partial charge in [0, 0.05) is 18.6 Å². The molecule has 2 aromatic rings. The molecule has 2 N–H and O–H groups in total. The normalized spacial score (nSPS) is 21.3. The Balaban J connectivity index is 2.24. The monoisotopic (exact) mass is 321 g/mol. The molecule has 1 aromatic heterocycles. The third-order valence-corrected chi connectivity index (χ3v) is 4.00. The van der Waals surface area contributed by atoms with E-state index in [2.05, 4.69) is 10.3 Å². The number of carbonyl (C=O) groups excluding carboxylic acids is 1. The van der Waals surface area contributed by atoms with Gasteiger partial charge < -0.3 is 15.2 Å². The van der Waals surface area contributed by atoms with Crippen LogP contribution in [0.25, 0.3) is 10.9 Å². The molecule has 0 spiro atoms. The number of amides is 1. The topological polar surface area (TPSA) is 93.5 Å². The maximum atomic E-state index is 13.6. The van der Waals surface area contributed by atoms with Crippen molar-refractivity contribution < 1.29 is 19.0 Å².